The van der Waals surface area contributed by atoms with E-state index in [2.05, 4.69) is 17.1 Å². The second-order valence-electron chi connectivity index (χ2n) is 5.10. The minimum Gasteiger partial charge on any atom is -0.371 e. The van der Waals surface area contributed by atoms with Crippen molar-refractivity contribution < 1.29 is 4.39 Å². The van der Waals surface area contributed by atoms with Crippen LogP contribution in [0.1, 0.15) is 31.7 Å². The third-order valence-electron chi connectivity index (χ3n) is 3.87. The molecular formula is C15H23FN2. The Morgan fingerprint density at radius 2 is 2.17 bits per heavy atom. The maximum atomic E-state index is 13.9. The Morgan fingerprint density at radius 1 is 1.39 bits per heavy atom. The summed E-state index contributed by atoms with van der Waals surface area (Å²) in [4.78, 5) is 2.32. The topological polar surface area (TPSA) is 15.3 Å². The Kier molecular flexibility index (Phi) is 4.59. The summed E-state index contributed by atoms with van der Waals surface area (Å²) in [5.41, 5.74) is 1.85. The molecule has 1 aliphatic carbocycles. The quantitative estimate of drug-likeness (QED) is 0.834. The summed E-state index contributed by atoms with van der Waals surface area (Å²) in [5, 5.41) is 3.06. The van der Waals surface area contributed by atoms with E-state index in [1.165, 1.54) is 19.3 Å². The Morgan fingerprint density at radius 3 is 2.72 bits per heavy atom. The van der Waals surface area contributed by atoms with Gasteiger partial charge in [0.25, 0.3) is 0 Å². The minimum absolute atomic E-state index is 0.103. The second-order valence-corrected chi connectivity index (χ2v) is 5.10. The summed E-state index contributed by atoms with van der Waals surface area (Å²) in [6.07, 6.45) is 4.01. The second kappa shape index (κ2) is 6.19. The minimum atomic E-state index is -0.103. The van der Waals surface area contributed by atoms with Gasteiger partial charge in [0.2, 0.25) is 0 Å². The molecule has 100 valence electrons. The molecule has 0 saturated heterocycles. The number of hydrogen-bond acceptors (Lipinski definition) is 2. The zero-order valence-electron chi connectivity index (χ0n) is 11.4. The van der Waals surface area contributed by atoms with Crippen LogP contribution in [0.4, 0.5) is 10.1 Å². The van der Waals surface area contributed by atoms with Crippen molar-refractivity contribution in [1.82, 2.24) is 5.32 Å². The summed E-state index contributed by atoms with van der Waals surface area (Å²) in [6.45, 7) is 4.74. The number of rotatable bonds is 6. The van der Waals surface area contributed by atoms with Crippen LogP contribution in [0, 0.1) is 11.7 Å². The molecule has 0 aromatic heterocycles. The number of nitrogens with one attached hydrogen (secondary N) is 1. The Labute approximate surface area is 109 Å². The van der Waals surface area contributed by atoms with Crippen molar-refractivity contribution in [3.63, 3.8) is 0 Å². The molecule has 0 heterocycles. The van der Waals surface area contributed by atoms with Crippen molar-refractivity contribution in [3.05, 3.63) is 29.6 Å². The average Bonchev–Trinajstić information content (AvgIpc) is 2.31. The molecule has 1 aromatic rings. The molecule has 1 fully saturated rings. The first-order valence-corrected chi connectivity index (χ1v) is 6.93. The van der Waals surface area contributed by atoms with Gasteiger partial charge in [0.15, 0.2) is 0 Å². The number of benzene rings is 1. The predicted molar refractivity (Wildman–Crippen MR) is 74.4 cm³/mol. The van der Waals surface area contributed by atoms with E-state index in [0.717, 1.165) is 30.3 Å². The lowest BCUT2D eigenvalue weighted by Gasteiger charge is -2.34. The van der Waals surface area contributed by atoms with E-state index in [1.807, 2.05) is 19.2 Å². The molecule has 1 N–H and O–H groups in total. The summed E-state index contributed by atoms with van der Waals surface area (Å²) < 4.78 is 13.9. The van der Waals surface area contributed by atoms with Gasteiger partial charge in [-0.2, -0.15) is 0 Å². The average molecular weight is 250 g/mol. The van der Waals surface area contributed by atoms with E-state index >= 15 is 0 Å². The van der Waals surface area contributed by atoms with Gasteiger partial charge in [-0.1, -0.05) is 12.5 Å². The van der Waals surface area contributed by atoms with E-state index in [1.54, 1.807) is 6.07 Å². The summed E-state index contributed by atoms with van der Waals surface area (Å²) >= 11 is 0. The fraction of sp³-hybridized carbons (Fsp3) is 0.600. The first-order valence-electron chi connectivity index (χ1n) is 6.93. The Balaban J connectivity index is 2.19. The van der Waals surface area contributed by atoms with Gasteiger partial charge < -0.3 is 10.2 Å². The molecule has 2 nitrogen and oxygen atoms in total. The molecule has 1 aliphatic rings. The molecule has 1 saturated carbocycles. The normalized spacial score (nSPS) is 15.5. The number of halogens is 1. The maximum Gasteiger partial charge on any atom is 0.129 e. The molecule has 1 aromatic carbocycles. The SMILES string of the molecule is CCN(CC1CCC1)c1cccc(F)c1CNC. The highest BCUT2D eigenvalue weighted by Crippen LogP contribution is 2.30. The molecule has 0 unspecified atom stereocenters. The molecule has 0 aliphatic heterocycles. The van der Waals surface area contributed by atoms with Crippen LogP contribution in [0.3, 0.4) is 0 Å². The van der Waals surface area contributed by atoms with E-state index in [9.17, 15) is 4.39 Å². The smallest absolute Gasteiger partial charge is 0.129 e. The standard InChI is InChI=1S/C15H23FN2/c1-3-18(11-12-6-4-7-12)15-9-5-8-14(16)13(15)10-17-2/h5,8-9,12,17H,3-4,6-7,10-11H2,1-2H3. The van der Waals surface area contributed by atoms with Gasteiger partial charge >= 0.3 is 0 Å². The molecule has 18 heavy (non-hydrogen) atoms. The van der Waals surface area contributed by atoms with Crippen molar-refractivity contribution in [1.29, 1.82) is 0 Å². The predicted octanol–water partition coefficient (Wildman–Crippen LogP) is 3.17. The van der Waals surface area contributed by atoms with Crippen LogP contribution in [0.5, 0.6) is 0 Å². The molecule has 0 amide bonds. The van der Waals surface area contributed by atoms with Crippen LogP contribution in [-0.2, 0) is 6.54 Å². The molecule has 0 radical (unpaired) electrons. The summed E-state index contributed by atoms with van der Waals surface area (Å²) in [5.74, 6) is 0.699. The highest BCUT2D eigenvalue weighted by Gasteiger charge is 2.22. The lowest BCUT2D eigenvalue weighted by atomic mass is 9.85. The van der Waals surface area contributed by atoms with Crippen molar-refractivity contribution >= 4 is 5.69 Å². The fourth-order valence-corrected chi connectivity index (χ4v) is 2.58. The molecule has 0 spiro atoms. The third-order valence-corrected chi connectivity index (χ3v) is 3.87. The van der Waals surface area contributed by atoms with Gasteiger partial charge in [0.1, 0.15) is 5.82 Å². The van der Waals surface area contributed by atoms with Gasteiger partial charge in [-0.25, -0.2) is 4.39 Å². The highest BCUT2D eigenvalue weighted by atomic mass is 19.1. The number of anilines is 1. The Hall–Kier alpha value is -1.09. The fourth-order valence-electron chi connectivity index (χ4n) is 2.58. The lowest BCUT2D eigenvalue weighted by Crippen LogP contribution is -2.33. The Bertz CT molecular complexity index is 388. The summed E-state index contributed by atoms with van der Waals surface area (Å²) in [6, 6.07) is 5.40. The van der Waals surface area contributed by atoms with Gasteiger partial charge in [-0.3, -0.25) is 0 Å². The van der Waals surface area contributed by atoms with E-state index in [4.69, 9.17) is 0 Å². The summed E-state index contributed by atoms with van der Waals surface area (Å²) in [7, 11) is 1.86. The van der Waals surface area contributed by atoms with Gasteiger partial charge in [0.05, 0.1) is 0 Å². The van der Waals surface area contributed by atoms with Crippen LogP contribution in [0.2, 0.25) is 0 Å². The monoisotopic (exact) mass is 250 g/mol. The first kappa shape index (κ1) is 13.3. The van der Waals surface area contributed by atoms with Crippen molar-refractivity contribution in [3.8, 4) is 0 Å². The van der Waals surface area contributed by atoms with Gasteiger partial charge in [0, 0.05) is 30.9 Å². The highest BCUT2D eigenvalue weighted by molar-refractivity contribution is 5.54. The van der Waals surface area contributed by atoms with Crippen LogP contribution < -0.4 is 10.2 Å². The number of nitrogens with zero attached hydrogens (tertiary/aromatic N) is 1. The molecule has 2 rings (SSSR count). The molecular weight excluding hydrogens is 227 g/mol. The molecule has 0 atom stereocenters. The van der Waals surface area contributed by atoms with Crippen LogP contribution in [-0.4, -0.2) is 20.1 Å². The van der Waals surface area contributed by atoms with E-state index < -0.39 is 0 Å². The van der Waals surface area contributed by atoms with Gasteiger partial charge in [-0.05, 0) is 44.9 Å². The van der Waals surface area contributed by atoms with Crippen molar-refractivity contribution in [2.75, 3.05) is 25.0 Å². The zero-order chi connectivity index (χ0) is 13.0. The van der Waals surface area contributed by atoms with E-state index in [0.29, 0.717) is 6.54 Å². The van der Waals surface area contributed by atoms with Crippen LogP contribution >= 0.6 is 0 Å². The first-order chi connectivity index (χ1) is 8.76. The maximum absolute atomic E-state index is 13.9. The van der Waals surface area contributed by atoms with Crippen LogP contribution in [0.25, 0.3) is 0 Å². The third kappa shape index (κ3) is 2.83. The number of hydrogen-bond donors (Lipinski definition) is 1. The largest absolute Gasteiger partial charge is 0.371 e. The lowest BCUT2D eigenvalue weighted by molar-refractivity contribution is 0.318. The van der Waals surface area contributed by atoms with Gasteiger partial charge in [-0.15, -0.1) is 0 Å². The molecule has 0 bridgehead atoms. The van der Waals surface area contributed by atoms with E-state index in [-0.39, 0.29) is 5.82 Å². The van der Waals surface area contributed by atoms with Crippen molar-refractivity contribution in [2.45, 2.75) is 32.7 Å². The van der Waals surface area contributed by atoms with Crippen molar-refractivity contribution in [2.24, 2.45) is 5.92 Å². The molecule has 3 heteroatoms. The van der Waals surface area contributed by atoms with Crippen LogP contribution in [0.15, 0.2) is 18.2 Å². The zero-order valence-corrected chi connectivity index (χ0v) is 11.4.